The second-order valence-electron chi connectivity index (χ2n) is 5.22. The normalized spacial score (nSPS) is 10.8. The number of hydrogen-bond acceptors (Lipinski definition) is 5. The lowest BCUT2D eigenvalue weighted by Crippen LogP contribution is -2.10. The van der Waals surface area contributed by atoms with Crippen molar-refractivity contribution in [1.29, 1.82) is 0 Å². The maximum absolute atomic E-state index is 11.9. The Kier molecular flexibility index (Phi) is 3.99. The van der Waals surface area contributed by atoms with Crippen LogP contribution >= 0.6 is 0 Å². The fraction of sp³-hybridized carbons (Fsp3) is 0.176. The molecule has 0 saturated carbocycles. The summed E-state index contributed by atoms with van der Waals surface area (Å²) in [6.07, 6.45) is 2.12. The Labute approximate surface area is 137 Å². The first kappa shape index (κ1) is 15.7. The molecule has 0 spiro atoms. The minimum atomic E-state index is -0.811. The van der Waals surface area contributed by atoms with Crippen molar-refractivity contribution in [2.24, 2.45) is 0 Å². The molecule has 3 aromatic rings. The molecule has 24 heavy (non-hydrogen) atoms. The highest BCUT2D eigenvalue weighted by molar-refractivity contribution is 6.04. The number of nitrogens with one attached hydrogen (secondary N) is 2. The van der Waals surface area contributed by atoms with E-state index in [1.54, 1.807) is 0 Å². The van der Waals surface area contributed by atoms with E-state index < -0.39 is 11.9 Å². The first-order chi connectivity index (χ1) is 11.6. The number of carbonyl (C=O) groups is 2. The average Bonchev–Trinajstić information content (AvgIpc) is 3.16. The number of H-pyrrole nitrogens is 2. The molecule has 2 heterocycles. The molecule has 0 unspecified atom stereocenters. The Morgan fingerprint density at radius 1 is 1.12 bits per heavy atom. The third-order valence-electron chi connectivity index (χ3n) is 3.87. The van der Waals surface area contributed by atoms with Crippen molar-refractivity contribution in [2.75, 3.05) is 14.2 Å². The summed E-state index contributed by atoms with van der Waals surface area (Å²) in [5, 5.41) is 11.4. The lowest BCUT2D eigenvalue weighted by Gasteiger charge is -2.01. The molecule has 3 N–H and O–H groups in total. The average molecular weight is 328 g/mol. The number of aromatic nitrogens is 2. The standard InChI is InChI=1S/C17H16N2O5/c1-23-16(21)13-14(17(22)24-2)19-12(15(13)20)7-9-8-18-11-6-4-3-5-10(9)11/h3-6,8,18-20H,7H2,1-2H3. The summed E-state index contributed by atoms with van der Waals surface area (Å²) in [6.45, 7) is 0. The molecular formula is C17H16N2O5. The highest BCUT2D eigenvalue weighted by Gasteiger charge is 2.28. The number of esters is 2. The third kappa shape index (κ3) is 2.50. The number of methoxy groups -OCH3 is 2. The zero-order valence-corrected chi connectivity index (χ0v) is 13.2. The molecule has 0 fully saturated rings. The molecule has 7 heteroatoms. The Morgan fingerprint density at radius 3 is 2.54 bits per heavy atom. The Morgan fingerprint density at radius 2 is 1.83 bits per heavy atom. The molecule has 2 aromatic heterocycles. The monoisotopic (exact) mass is 328 g/mol. The van der Waals surface area contributed by atoms with Gasteiger partial charge in [-0.2, -0.15) is 0 Å². The lowest BCUT2D eigenvalue weighted by molar-refractivity contribution is 0.0550. The number of para-hydroxylation sites is 1. The van der Waals surface area contributed by atoms with Gasteiger partial charge in [0, 0.05) is 23.5 Å². The van der Waals surface area contributed by atoms with Gasteiger partial charge in [0.25, 0.3) is 0 Å². The van der Waals surface area contributed by atoms with Gasteiger partial charge in [0.15, 0.2) is 5.75 Å². The van der Waals surface area contributed by atoms with Crippen LogP contribution in [-0.2, 0) is 15.9 Å². The molecule has 0 radical (unpaired) electrons. The first-order valence-electron chi connectivity index (χ1n) is 7.22. The number of ether oxygens (including phenoxy) is 2. The molecule has 1 aromatic carbocycles. The highest BCUT2D eigenvalue weighted by Crippen LogP contribution is 2.31. The zero-order valence-electron chi connectivity index (χ0n) is 13.2. The van der Waals surface area contributed by atoms with Gasteiger partial charge in [-0.05, 0) is 11.6 Å². The van der Waals surface area contributed by atoms with E-state index in [-0.39, 0.29) is 17.0 Å². The predicted molar refractivity (Wildman–Crippen MR) is 86.2 cm³/mol. The van der Waals surface area contributed by atoms with Crippen LogP contribution in [0.15, 0.2) is 30.5 Å². The van der Waals surface area contributed by atoms with E-state index in [1.807, 2.05) is 30.5 Å². The number of fused-ring (bicyclic) bond motifs is 1. The molecule has 0 amide bonds. The van der Waals surface area contributed by atoms with Gasteiger partial charge in [0.05, 0.1) is 19.9 Å². The van der Waals surface area contributed by atoms with Gasteiger partial charge < -0.3 is 24.5 Å². The number of benzene rings is 1. The van der Waals surface area contributed by atoms with Crippen LogP contribution in [0.1, 0.15) is 32.1 Å². The quantitative estimate of drug-likeness (QED) is 0.638. The van der Waals surface area contributed by atoms with Gasteiger partial charge in [-0.1, -0.05) is 18.2 Å². The molecule has 0 atom stereocenters. The summed E-state index contributed by atoms with van der Waals surface area (Å²) in [4.78, 5) is 29.7. The van der Waals surface area contributed by atoms with Gasteiger partial charge in [-0.15, -0.1) is 0 Å². The van der Waals surface area contributed by atoms with Crippen LogP contribution in [0.3, 0.4) is 0 Å². The summed E-state index contributed by atoms with van der Waals surface area (Å²) in [7, 11) is 2.37. The van der Waals surface area contributed by atoms with E-state index in [0.29, 0.717) is 12.1 Å². The maximum atomic E-state index is 11.9. The van der Waals surface area contributed by atoms with E-state index in [9.17, 15) is 14.7 Å². The molecule has 7 nitrogen and oxygen atoms in total. The first-order valence-corrected chi connectivity index (χ1v) is 7.22. The minimum Gasteiger partial charge on any atom is -0.505 e. The molecule has 124 valence electrons. The van der Waals surface area contributed by atoms with Crippen molar-refractivity contribution in [2.45, 2.75) is 6.42 Å². The van der Waals surface area contributed by atoms with Crippen LogP contribution in [0.25, 0.3) is 10.9 Å². The second-order valence-corrected chi connectivity index (χ2v) is 5.22. The lowest BCUT2D eigenvalue weighted by atomic mass is 10.1. The zero-order chi connectivity index (χ0) is 17.3. The van der Waals surface area contributed by atoms with Crippen molar-refractivity contribution in [3.63, 3.8) is 0 Å². The molecule has 0 aliphatic heterocycles. The Hall–Kier alpha value is -3.22. The smallest absolute Gasteiger partial charge is 0.355 e. The molecule has 0 saturated heterocycles. The summed E-state index contributed by atoms with van der Waals surface area (Å²) in [5.74, 6) is -1.88. The Bertz CT molecular complexity index is 922. The summed E-state index contributed by atoms with van der Waals surface area (Å²) < 4.78 is 9.29. The highest BCUT2D eigenvalue weighted by atomic mass is 16.5. The van der Waals surface area contributed by atoms with Crippen LogP contribution in [0.2, 0.25) is 0 Å². The van der Waals surface area contributed by atoms with Crippen molar-refractivity contribution in [1.82, 2.24) is 9.97 Å². The van der Waals surface area contributed by atoms with Crippen molar-refractivity contribution in [3.05, 3.63) is 53.0 Å². The summed E-state index contributed by atoms with van der Waals surface area (Å²) in [5.41, 5.74) is 1.85. The van der Waals surface area contributed by atoms with Crippen LogP contribution in [-0.4, -0.2) is 41.2 Å². The van der Waals surface area contributed by atoms with Gasteiger partial charge in [0.2, 0.25) is 0 Å². The largest absolute Gasteiger partial charge is 0.505 e. The van der Waals surface area contributed by atoms with Crippen LogP contribution < -0.4 is 0 Å². The Balaban J connectivity index is 2.06. The fourth-order valence-electron chi connectivity index (χ4n) is 2.69. The van der Waals surface area contributed by atoms with E-state index in [0.717, 1.165) is 16.5 Å². The van der Waals surface area contributed by atoms with E-state index in [1.165, 1.54) is 14.2 Å². The van der Waals surface area contributed by atoms with Crippen molar-refractivity contribution >= 4 is 22.8 Å². The molecular weight excluding hydrogens is 312 g/mol. The molecule has 0 bridgehead atoms. The number of aromatic hydroxyl groups is 1. The predicted octanol–water partition coefficient (Wildman–Crippen LogP) is 2.37. The molecule has 3 rings (SSSR count). The number of aromatic amines is 2. The second kappa shape index (κ2) is 6.11. The van der Waals surface area contributed by atoms with Crippen molar-refractivity contribution in [3.8, 4) is 5.75 Å². The van der Waals surface area contributed by atoms with E-state index >= 15 is 0 Å². The topological polar surface area (TPSA) is 104 Å². The number of carbonyl (C=O) groups excluding carboxylic acids is 2. The van der Waals surface area contributed by atoms with Crippen LogP contribution in [0.5, 0.6) is 5.75 Å². The van der Waals surface area contributed by atoms with E-state index in [2.05, 4.69) is 19.4 Å². The van der Waals surface area contributed by atoms with Crippen LogP contribution in [0.4, 0.5) is 0 Å². The van der Waals surface area contributed by atoms with Crippen LogP contribution in [0, 0.1) is 0 Å². The summed E-state index contributed by atoms with van der Waals surface area (Å²) >= 11 is 0. The van der Waals surface area contributed by atoms with Gasteiger partial charge in [-0.25, -0.2) is 9.59 Å². The maximum Gasteiger partial charge on any atom is 0.355 e. The number of hydrogen-bond donors (Lipinski definition) is 3. The minimum absolute atomic E-state index is 0.128. The molecule has 0 aliphatic carbocycles. The molecule has 0 aliphatic rings. The fourth-order valence-corrected chi connectivity index (χ4v) is 2.69. The van der Waals surface area contributed by atoms with Gasteiger partial charge in [0.1, 0.15) is 11.3 Å². The van der Waals surface area contributed by atoms with Crippen molar-refractivity contribution < 1.29 is 24.2 Å². The van der Waals surface area contributed by atoms with E-state index in [4.69, 9.17) is 0 Å². The van der Waals surface area contributed by atoms with Gasteiger partial charge >= 0.3 is 11.9 Å². The third-order valence-corrected chi connectivity index (χ3v) is 3.87. The van der Waals surface area contributed by atoms with Gasteiger partial charge in [-0.3, -0.25) is 0 Å². The number of rotatable bonds is 4. The SMILES string of the molecule is COC(=O)c1[nH]c(Cc2c[nH]c3ccccc23)c(O)c1C(=O)OC. The summed E-state index contributed by atoms with van der Waals surface area (Å²) in [6, 6.07) is 7.71.